The van der Waals surface area contributed by atoms with Gasteiger partial charge in [0, 0.05) is 29.1 Å². The lowest BCUT2D eigenvalue weighted by molar-refractivity contribution is -0.0494. The minimum Gasteiger partial charge on any atom is -0.434 e. The van der Waals surface area contributed by atoms with Crippen molar-refractivity contribution >= 4 is 0 Å². The molecule has 0 radical (unpaired) electrons. The topological polar surface area (TPSA) is 56.5 Å². The first-order valence-corrected chi connectivity index (χ1v) is 10.1. The first-order chi connectivity index (χ1) is 13.7. The number of halogens is 2. The maximum Gasteiger partial charge on any atom is 0.387 e. The van der Waals surface area contributed by atoms with Crippen molar-refractivity contribution < 1.29 is 22.8 Å². The summed E-state index contributed by atoms with van der Waals surface area (Å²) in [5.41, 5.74) is 1.94. The molecule has 1 aromatic heterocycles. The van der Waals surface area contributed by atoms with Crippen LogP contribution in [-0.4, -0.2) is 30.0 Å². The quantitative estimate of drug-likeness (QED) is 0.748. The van der Waals surface area contributed by atoms with Crippen molar-refractivity contribution in [1.29, 1.82) is 0 Å². The zero-order valence-electron chi connectivity index (χ0n) is 15.6. The highest BCUT2D eigenvalue weighted by molar-refractivity contribution is 5.70. The van der Waals surface area contributed by atoms with Crippen LogP contribution in [0.4, 0.5) is 8.78 Å². The predicted molar refractivity (Wildman–Crippen MR) is 98.3 cm³/mol. The van der Waals surface area contributed by atoms with Crippen LogP contribution >= 0.6 is 0 Å². The summed E-state index contributed by atoms with van der Waals surface area (Å²) in [4.78, 5) is 0. The predicted octanol–water partition coefficient (Wildman–Crippen LogP) is 4.62. The molecule has 3 heterocycles. The average Bonchev–Trinajstić information content (AvgIpc) is 3.35. The molecule has 150 valence electrons. The summed E-state index contributed by atoms with van der Waals surface area (Å²) in [5.74, 6) is 1.29. The summed E-state index contributed by atoms with van der Waals surface area (Å²) in [5, 5.41) is 7.85. The highest BCUT2D eigenvalue weighted by Gasteiger charge is 2.36. The summed E-state index contributed by atoms with van der Waals surface area (Å²) >= 11 is 0. The molecule has 2 aliphatic heterocycles. The number of hydrogen-bond donors (Lipinski definition) is 1. The van der Waals surface area contributed by atoms with Gasteiger partial charge in [-0.3, -0.25) is 0 Å². The van der Waals surface area contributed by atoms with Gasteiger partial charge in [-0.05, 0) is 50.7 Å². The van der Waals surface area contributed by atoms with Crippen molar-refractivity contribution in [2.24, 2.45) is 0 Å². The van der Waals surface area contributed by atoms with E-state index < -0.39 is 6.61 Å². The summed E-state index contributed by atoms with van der Waals surface area (Å²) in [7, 11) is 0. The Morgan fingerprint density at radius 1 is 1.11 bits per heavy atom. The minimum atomic E-state index is -2.89. The lowest BCUT2D eigenvalue weighted by atomic mass is 10.0. The van der Waals surface area contributed by atoms with Gasteiger partial charge in [0.15, 0.2) is 0 Å². The second kappa shape index (κ2) is 7.44. The molecule has 1 aromatic carbocycles. The Balaban J connectivity index is 1.40. The molecule has 0 amide bonds. The second-order valence-corrected chi connectivity index (χ2v) is 8.07. The number of alkyl halides is 2. The highest BCUT2D eigenvalue weighted by atomic mass is 19.3. The summed E-state index contributed by atoms with van der Waals surface area (Å²) in [6.07, 6.45) is 6.80. The van der Waals surface area contributed by atoms with E-state index in [0.29, 0.717) is 35.9 Å². The maximum atomic E-state index is 12.8. The Kier molecular flexibility index (Phi) is 4.80. The van der Waals surface area contributed by atoms with Crippen LogP contribution in [0, 0.1) is 0 Å². The van der Waals surface area contributed by atoms with E-state index in [-0.39, 0.29) is 11.9 Å². The maximum absolute atomic E-state index is 12.8. The minimum absolute atomic E-state index is 0.106. The van der Waals surface area contributed by atoms with Crippen molar-refractivity contribution in [2.45, 2.75) is 75.8 Å². The molecule has 5 nitrogen and oxygen atoms in total. The monoisotopic (exact) mass is 390 g/mol. The van der Waals surface area contributed by atoms with Crippen LogP contribution in [0.1, 0.15) is 55.8 Å². The van der Waals surface area contributed by atoms with E-state index in [4.69, 9.17) is 14.0 Å². The van der Waals surface area contributed by atoms with Gasteiger partial charge in [-0.1, -0.05) is 17.3 Å². The number of nitrogens with one attached hydrogen (secondary N) is 1. The van der Waals surface area contributed by atoms with Gasteiger partial charge in [0.1, 0.15) is 17.2 Å². The standard InChI is InChI=1S/C21H24F2N2O3/c22-21(23)27-18-4-2-1-3-16(18)19-17(20(28-25-19)12-5-6-12)11-26-15-9-13-7-8-14(10-15)24-13/h1-4,12-15,21,24H,5-11H2. The molecule has 3 aliphatic rings. The van der Waals surface area contributed by atoms with Crippen LogP contribution in [0.2, 0.25) is 0 Å². The molecule has 2 saturated heterocycles. The van der Waals surface area contributed by atoms with E-state index in [1.807, 2.05) is 0 Å². The van der Waals surface area contributed by atoms with Crippen molar-refractivity contribution in [3.63, 3.8) is 0 Å². The lowest BCUT2D eigenvalue weighted by Gasteiger charge is -2.29. The molecule has 2 aromatic rings. The third-order valence-corrected chi connectivity index (χ3v) is 6.02. The fourth-order valence-corrected chi connectivity index (χ4v) is 4.54. The molecule has 1 aliphatic carbocycles. The summed E-state index contributed by atoms with van der Waals surface area (Å²) < 4.78 is 42.3. The van der Waals surface area contributed by atoms with Crippen LogP contribution in [0.5, 0.6) is 5.75 Å². The van der Waals surface area contributed by atoms with E-state index in [1.54, 1.807) is 18.2 Å². The first-order valence-electron chi connectivity index (χ1n) is 10.1. The molecule has 3 fully saturated rings. The third kappa shape index (κ3) is 3.65. The smallest absolute Gasteiger partial charge is 0.387 e. The molecular weight excluding hydrogens is 366 g/mol. The Bertz CT molecular complexity index is 825. The molecule has 1 saturated carbocycles. The van der Waals surface area contributed by atoms with E-state index in [9.17, 15) is 8.78 Å². The zero-order chi connectivity index (χ0) is 19.1. The van der Waals surface area contributed by atoms with Gasteiger partial charge in [0.05, 0.1) is 12.7 Å². The van der Waals surface area contributed by atoms with Gasteiger partial charge in [0.2, 0.25) is 0 Å². The molecule has 28 heavy (non-hydrogen) atoms. The molecule has 7 heteroatoms. The number of para-hydroxylation sites is 1. The van der Waals surface area contributed by atoms with Gasteiger partial charge in [-0.15, -0.1) is 0 Å². The van der Waals surface area contributed by atoms with Gasteiger partial charge in [-0.25, -0.2) is 0 Å². The normalized spacial score (nSPS) is 26.8. The Morgan fingerprint density at radius 3 is 2.57 bits per heavy atom. The van der Waals surface area contributed by atoms with Crippen molar-refractivity contribution in [3.05, 3.63) is 35.6 Å². The number of piperidine rings is 1. The SMILES string of the molecule is FC(F)Oc1ccccc1-c1noc(C2CC2)c1COC1CC2CCC(C1)N2. The van der Waals surface area contributed by atoms with E-state index in [1.165, 1.54) is 18.9 Å². The molecule has 2 bridgehead atoms. The van der Waals surface area contributed by atoms with Crippen molar-refractivity contribution in [2.75, 3.05) is 0 Å². The number of nitrogens with zero attached hydrogens (tertiary/aromatic N) is 1. The molecular formula is C21H24F2N2O3. The molecule has 0 spiro atoms. The van der Waals surface area contributed by atoms with Crippen LogP contribution in [0.15, 0.2) is 28.8 Å². The van der Waals surface area contributed by atoms with E-state index in [0.717, 1.165) is 37.0 Å². The fourth-order valence-electron chi connectivity index (χ4n) is 4.54. The number of ether oxygens (including phenoxy) is 2. The number of rotatable bonds is 7. The lowest BCUT2D eigenvalue weighted by Crippen LogP contribution is -2.41. The average molecular weight is 390 g/mol. The number of hydrogen-bond acceptors (Lipinski definition) is 5. The molecule has 2 atom stereocenters. The Labute approximate surface area is 162 Å². The van der Waals surface area contributed by atoms with Crippen LogP contribution < -0.4 is 10.1 Å². The molecule has 2 unspecified atom stereocenters. The van der Waals surface area contributed by atoms with E-state index in [2.05, 4.69) is 10.5 Å². The van der Waals surface area contributed by atoms with Gasteiger partial charge in [0.25, 0.3) is 0 Å². The summed E-state index contributed by atoms with van der Waals surface area (Å²) in [6.45, 7) is -2.50. The Morgan fingerprint density at radius 2 is 1.86 bits per heavy atom. The first kappa shape index (κ1) is 18.1. The number of fused-ring (bicyclic) bond motifs is 2. The molecule has 5 rings (SSSR count). The van der Waals surface area contributed by atoms with E-state index >= 15 is 0 Å². The fraction of sp³-hybridized carbons (Fsp3) is 0.571. The van der Waals surface area contributed by atoms with Crippen molar-refractivity contribution in [1.82, 2.24) is 10.5 Å². The van der Waals surface area contributed by atoms with Gasteiger partial charge >= 0.3 is 6.61 Å². The number of benzene rings is 1. The van der Waals surface area contributed by atoms with Crippen LogP contribution in [0.3, 0.4) is 0 Å². The van der Waals surface area contributed by atoms with Crippen LogP contribution in [-0.2, 0) is 11.3 Å². The van der Waals surface area contributed by atoms with Gasteiger partial charge < -0.3 is 19.3 Å². The van der Waals surface area contributed by atoms with Crippen LogP contribution in [0.25, 0.3) is 11.3 Å². The molecule has 1 N–H and O–H groups in total. The third-order valence-electron chi connectivity index (χ3n) is 6.02. The summed E-state index contributed by atoms with van der Waals surface area (Å²) in [6, 6.07) is 7.82. The van der Waals surface area contributed by atoms with Gasteiger partial charge in [-0.2, -0.15) is 8.78 Å². The largest absolute Gasteiger partial charge is 0.434 e. The second-order valence-electron chi connectivity index (χ2n) is 8.07. The Hall–Kier alpha value is -1.99. The number of aromatic nitrogens is 1. The highest BCUT2D eigenvalue weighted by Crippen LogP contribution is 2.45. The van der Waals surface area contributed by atoms with Crippen molar-refractivity contribution in [3.8, 4) is 17.0 Å². The zero-order valence-corrected chi connectivity index (χ0v) is 15.6.